The van der Waals surface area contributed by atoms with Crippen molar-refractivity contribution in [3.63, 3.8) is 0 Å². The van der Waals surface area contributed by atoms with Gasteiger partial charge in [-0.25, -0.2) is 17.5 Å². The normalized spacial score (nSPS) is 18.8. The Kier molecular flexibility index (Phi) is 7.49. The Morgan fingerprint density at radius 3 is 2.77 bits per heavy atom. The van der Waals surface area contributed by atoms with Crippen molar-refractivity contribution < 1.29 is 17.6 Å². The van der Waals surface area contributed by atoms with Gasteiger partial charge in [0.15, 0.2) is 0 Å². The third-order valence-electron chi connectivity index (χ3n) is 4.19. The van der Waals surface area contributed by atoms with E-state index in [9.17, 15) is 17.6 Å². The van der Waals surface area contributed by atoms with E-state index in [4.69, 9.17) is 0 Å². The zero-order valence-electron chi connectivity index (χ0n) is 15.5. The van der Waals surface area contributed by atoms with Crippen LogP contribution in [0.4, 0.5) is 4.39 Å². The average molecular weight is 403 g/mol. The molecule has 1 aliphatic heterocycles. The number of carbonyl (C=O) groups excluding carboxylic acids is 1. The van der Waals surface area contributed by atoms with E-state index in [1.54, 1.807) is 30.5 Å². The smallest absolute Gasteiger partial charge is 0.256 e. The number of rotatable bonds is 6. The molecule has 1 aliphatic rings. The number of nitrogens with zero attached hydrogens (tertiary/aromatic N) is 1. The third kappa shape index (κ3) is 5.44. The minimum absolute atomic E-state index is 0.0924. The molecule has 1 aromatic rings. The number of sulfonamides is 1. The fourth-order valence-electron chi connectivity index (χ4n) is 3.04. The van der Waals surface area contributed by atoms with Gasteiger partial charge in [-0.1, -0.05) is 13.3 Å². The standard InChI is InChI=1S/C18H27FN2O3S2/c1-4-25-14-7-5-6-10-21(12-14)18(22)16-11-15(8-9-17(16)19)26(23,24)20-13(2)3/h8-9,11,13-14,20H,4-7,10,12H2,1-3H3. The topological polar surface area (TPSA) is 66.5 Å². The summed E-state index contributed by atoms with van der Waals surface area (Å²) in [7, 11) is -3.78. The molecular weight excluding hydrogens is 375 g/mol. The summed E-state index contributed by atoms with van der Waals surface area (Å²) in [6, 6.07) is 3.10. The number of nitrogens with one attached hydrogen (secondary N) is 1. The predicted molar refractivity (Wildman–Crippen MR) is 104 cm³/mol. The Hall–Kier alpha value is -1.12. The maximum absolute atomic E-state index is 14.3. The number of thioether (sulfide) groups is 1. The van der Waals surface area contributed by atoms with Crippen molar-refractivity contribution in [3.05, 3.63) is 29.6 Å². The summed E-state index contributed by atoms with van der Waals surface area (Å²) in [4.78, 5) is 14.5. The van der Waals surface area contributed by atoms with Crippen LogP contribution in [0.25, 0.3) is 0 Å². The molecular formula is C18H27FN2O3S2. The van der Waals surface area contributed by atoms with Crippen LogP contribution in [0.3, 0.4) is 0 Å². The lowest BCUT2D eigenvalue weighted by atomic mass is 10.2. The maximum atomic E-state index is 14.3. The lowest BCUT2D eigenvalue weighted by molar-refractivity contribution is 0.0758. The number of likely N-dealkylation sites (tertiary alicyclic amines) is 1. The SMILES string of the molecule is CCSC1CCCCN(C(=O)c2cc(S(=O)(=O)NC(C)C)ccc2F)C1. The second-order valence-corrected chi connectivity index (χ2v) is 10.0. The molecule has 0 saturated carbocycles. The van der Waals surface area contributed by atoms with Crippen LogP contribution in [0.15, 0.2) is 23.1 Å². The van der Waals surface area contributed by atoms with E-state index in [1.165, 1.54) is 6.07 Å². The minimum atomic E-state index is -3.78. The molecule has 8 heteroatoms. The average Bonchev–Trinajstić information content (AvgIpc) is 2.79. The van der Waals surface area contributed by atoms with Gasteiger partial charge in [-0.3, -0.25) is 4.79 Å². The van der Waals surface area contributed by atoms with Gasteiger partial charge in [0.25, 0.3) is 5.91 Å². The first-order valence-corrected chi connectivity index (χ1v) is 11.5. The highest BCUT2D eigenvalue weighted by molar-refractivity contribution is 7.99. The van der Waals surface area contributed by atoms with E-state index in [0.717, 1.165) is 37.1 Å². The molecule has 1 aromatic carbocycles. The molecule has 0 aromatic heterocycles. The van der Waals surface area contributed by atoms with Crippen LogP contribution in [-0.4, -0.2) is 49.4 Å². The fourth-order valence-corrected chi connectivity index (χ4v) is 5.41. The van der Waals surface area contributed by atoms with Gasteiger partial charge < -0.3 is 4.90 Å². The Balaban J connectivity index is 2.29. The Labute approximate surface area is 159 Å². The van der Waals surface area contributed by atoms with E-state index in [2.05, 4.69) is 11.6 Å². The second-order valence-electron chi connectivity index (χ2n) is 6.74. The minimum Gasteiger partial charge on any atom is -0.337 e. The van der Waals surface area contributed by atoms with Gasteiger partial charge in [-0.15, -0.1) is 0 Å². The Bertz CT molecular complexity index is 738. The van der Waals surface area contributed by atoms with Crippen molar-refractivity contribution in [2.75, 3.05) is 18.8 Å². The molecule has 0 radical (unpaired) electrons. The van der Waals surface area contributed by atoms with Crippen LogP contribution in [0.2, 0.25) is 0 Å². The number of hydrogen-bond donors (Lipinski definition) is 1. The molecule has 1 atom stereocenters. The molecule has 1 N–H and O–H groups in total. The zero-order chi connectivity index (χ0) is 19.3. The molecule has 1 saturated heterocycles. The molecule has 146 valence electrons. The van der Waals surface area contributed by atoms with Crippen LogP contribution in [0, 0.1) is 5.82 Å². The first-order valence-electron chi connectivity index (χ1n) is 8.97. The molecule has 0 spiro atoms. The monoisotopic (exact) mass is 402 g/mol. The largest absolute Gasteiger partial charge is 0.337 e. The van der Waals surface area contributed by atoms with Gasteiger partial charge >= 0.3 is 0 Å². The molecule has 0 bridgehead atoms. The summed E-state index contributed by atoms with van der Waals surface area (Å²) in [5.41, 5.74) is -0.182. The van der Waals surface area contributed by atoms with Crippen molar-refractivity contribution in [1.82, 2.24) is 9.62 Å². The number of benzene rings is 1. The van der Waals surface area contributed by atoms with Crippen molar-refractivity contribution in [3.8, 4) is 0 Å². The summed E-state index contributed by atoms with van der Waals surface area (Å²) >= 11 is 1.81. The Morgan fingerprint density at radius 1 is 1.38 bits per heavy atom. The van der Waals surface area contributed by atoms with Crippen LogP contribution < -0.4 is 4.72 Å². The van der Waals surface area contributed by atoms with Gasteiger partial charge in [-0.2, -0.15) is 11.8 Å². The van der Waals surface area contributed by atoms with E-state index >= 15 is 0 Å². The second kappa shape index (κ2) is 9.19. The molecule has 1 amide bonds. The maximum Gasteiger partial charge on any atom is 0.256 e. The van der Waals surface area contributed by atoms with Crippen LogP contribution in [-0.2, 0) is 10.0 Å². The number of halogens is 1. The van der Waals surface area contributed by atoms with Crippen LogP contribution in [0.1, 0.15) is 50.4 Å². The van der Waals surface area contributed by atoms with E-state index in [0.29, 0.717) is 18.3 Å². The lowest BCUT2D eigenvalue weighted by Crippen LogP contribution is -2.36. The molecule has 1 unspecified atom stereocenters. The van der Waals surface area contributed by atoms with Crippen LogP contribution in [0.5, 0.6) is 0 Å². The van der Waals surface area contributed by atoms with Gasteiger partial charge in [0.2, 0.25) is 10.0 Å². The first kappa shape index (κ1) is 21.2. The first-order chi connectivity index (χ1) is 12.2. The number of carbonyl (C=O) groups is 1. The summed E-state index contributed by atoms with van der Waals surface area (Å²) in [6.07, 6.45) is 2.95. The van der Waals surface area contributed by atoms with E-state index in [1.807, 2.05) is 0 Å². The molecule has 26 heavy (non-hydrogen) atoms. The molecule has 1 fully saturated rings. The number of amides is 1. The van der Waals surface area contributed by atoms with Crippen molar-refractivity contribution in [1.29, 1.82) is 0 Å². The van der Waals surface area contributed by atoms with Gasteiger partial charge in [0.1, 0.15) is 5.82 Å². The number of hydrogen-bond acceptors (Lipinski definition) is 4. The highest BCUT2D eigenvalue weighted by atomic mass is 32.2. The summed E-state index contributed by atoms with van der Waals surface area (Å²) in [5, 5.41) is 0.337. The van der Waals surface area contributed by atoms with Crippen molar-refractivity contribution >= 4 is 27.7 Å². The third-order valence-corrected chi connectivity index (χ3v) is 7.03. The van der Waals surface area contributed by atoms with Gasteiger partial charge in [0.05, 0.1) is 10.5 Å². The highest BCUT2D eigenvalue weighted by Crippen LogP contribution is 2.24. The lowest BCUT2D eigenvalue weighted by Gasteiger charge is -2.24. The molecule has 5 nitrogen and oxygen atoms in total. The zero-order valence-corrected chi connectivity index (χ0v) is 17.1. The molecule has 0 aliphatic carbocycles. The van der Waals surface area contributed by atoms with Gasteiger partial charge in [-0.05, 0) is 50.6 Å². The summed E-state index contributed by atoms with van der Waals surface area (Å²) in [5.74, 6) is -0.162. The predicted octanol–water partition coefficient (Wildman–Crippen LogP) is 3.26. The summed E-state index contributed by atoms with van der Waals surface area (Å²) in [6.45, 7) is 6.63. The molecule has 2 rings (SSSR count). The van der Waals surface area contributed by atoms with E-state index in [-0.39, 0.29) is 16.5 Å². The van der Waals surface area contributed by atoms with Crippen LogP contribution >= 0.6 is 11.8 Å². The molecule has 1 heterocycles. The highest BCUT2D eigenvalue weighted by Gasteiger charge is 2.26. The van der Waals surface area contributed by atoms with Crippen molar-refractivity contribution in [2.45, 2.75) is 56.2 Å². The summed E-state index contributed by atoms with van der Waals surface area (Å²) < 4.78 is 41.4. The van der Waals surface area contributed by atoms with Crippen molar-refractivity contribution in [2.24, 2.45) is 0 Å². The quantitative estimate of drug-likeness (QED) is 0.793. The van der Waals surface area contributed by atoms with E-state index < -0.39 is 21.7 Å². The Morgan fingerprint density at radius 2 is 2.12 bits per heavy atom. The van der Waals surface area contributed by atoms with Gasteiger partial charge in [0, 0.05) is 24.4 Å². The fraction of sp³-hybridized carbons (Fsp3) is 0.611.